The van der Waals surface area contributed by atoms with Crippen LogP contribution < -0.4 is 16.0 Å². The van der Waals surface area contributed by atoms with Gasteiger partial charge in [-0.3, -0.25) is 11.3 Å². The van der Waals surface area contributed by atoms with Gasteiger partial charge in [0, 0.05) is 10.5 Å². The lowest BCUT2D eigenvalue weighted by Crippen LogP contribution is -2.30. The second-order valence-electron chi connectivity index (χ2n) is 5.56. The molecule has 0 aliphatic carbocycles. The molecule has 0 heterocycles. The first-order valence-corrected chi connectivity index (χ1v) is 7.77. The van der Waals surface area contributed by atoms with Crippen LogP contribution in [-0.4, -0.2) is 17.1 Å². The molecule has 108 valence electrons. The second-order valence-corrected chi connectivity index (χ2v) is 7.41. The van der Waals surface area contributed by atoms with Crippen LogP contribution in [0, 0.1) is 0 Å². The third-order valence-corrected chi connectivity index (χ3v) is 4.01. The van der Waals surface area contributed by atoms with Crippen LogP contribution in [0.3, 0.4) is 0 Å². The minimum atomic E-state index is 0.171. The summed E-state index contributed by atoms with van der Waals surface area (Å²) in [5.41, 5.74) is 4.09. The fourth-order valence-electron chi connectivity index (χ4n) is 1.59. The zero-order chi connectivity index (χ0) is 14.3. The van der Waals surface area contributed by atoms with E-state index >= 15 is 0 Å². The normalized spacial score (nSPS) is 13.3. The van der Waals surface area contributed by atoms with E-state index in [1.807, 2.05) is 23.9 Å². The maximum Gasteiger partial charge on any atom is 0.119 e. The molecule has 0 bridgehead atoms. The van der Waals surface area contributed by atoms with Gasteiger partial charge in [0.15, 0.2) is 0 Å². The lowest BCUT2D eigenvalue weighted by Gasteiger charge is -2.23. The third-order valence-electron chi connectivity index (χ3n) is 2.64. The van der Waals surface area contributed by atoms with E-state index in [9.17, 15) is 0 Å². The molecule has 0 radical (unpaired) electrons. The summed E-state index contributed by atoms with van der Waals surface area (Å²) >= 11 is 1.91. The van der Waals surface area contributed by atoms with E-state index < -0.39 is 0 Å². The topological polar surface area (TPSA) is 47.3 Å². The molecule has 19 heavy (non-hydrogen) atoms. The number of rotatable bonds is 7. The SMILES string of the molecule is CCCOc1ccc(C(CSC(C)(C)C)NN)cc1. The first kappa shape index (κ1) is 16.3. The quantitative estimate of drug-likeness (QED) is 0.593. The molecular formula is C15H26N2OS. The zero-order valence-electron chi connectivity index (χ0n) is 12.4. The molecule has 0 amide bonds. The van der Waals surface area contributed by atoms with Gasteiger partial charge in [-0.2, -0.15) is 11.8 Å². The molecule has 1 atom stereocenters. The first-order chi connectivity index (χ1) is 8.96. The van der Waals surface area contributed by atoms with Crippen LogP contribution in [0.15, 0.2) is 24.3 Å². The van der Waals surface area contributed by atoms with Gasteiger partial charge in [-0.1, -0.05) is 39.8 Å². The van der Waals surface area contributed by atoms with Gasteiger partial charge in [-0.25, -0.2) is 0 Å². The minimum absolute atomic E-state index is 0.171. The van der Waals surface area contributed by atoms with E-state index in [1.54, 1.807) is 0 Å². The van der Waals surface area contributed by atoms with Gasteiger partial charge in [0.1, 0.15) is 5.75 Å². The summed E-state index contributed by atoms with van der Waals surface area (Å²) in [5, 5.41) is 0. The lowest BCUT2D eigenvalue weighted by atomic mass is 10.1. The van der Waals surface area contributed by atoms with E-state index in [0.717, 1.165) is 24.5 Å². The largest absolute Gasteiger partial charge is 0.494 e. The van der Waals surface area contributed by atoms with Crippen molar-refractivity contribution >= 4 is 11.8 Å². The lowest BCUT2D eigenvalue weighted by molar-refractivity contribution is 0.317. The van der Waals surface area contributed by atoms with Crippen LogP contribution in [0.5, 0.6) is 5.75 Å². The molecule has 1 aromatic carbocycles. The predicted molar refractivity (Wildman–Crippen MR) is 84.5 cm³/mol. The molecule has 4 heteroatoms. The summed E-state index contributed by atoms with van der Waals surface area (Å²) in [6.45, 7) is 9.51. The third kappa shape index (κ3) is 6.32. The smallest absolute Gasteiger partial charge is 0.119 e. The highest BCUT2D eigenvalue weighted by Crippen LogP contribution is 2.28. The van der Waals surface area contributed by atoms with Crippen LogP contribution in [0.25, 0.3) is 0 Å². The molecule has 3 N–H and O–H groups in total. The molecule has 0 aliphatic heterocycles. The standard InChI is InChI=1S/C15H26N2OS/c1-5-10-18-13-8-6-12(7-9-13)14(17-16)11-19-15(2,3)4/h6-9,14,17H,5,10-11,16H2,1-4H3. The van der Waals surface area contributed by atoms with Gasteiger partial charge in [-0.15, -0.1) is 0 Å². The van der Waals surface area contributed by atoms with Gasteiger partial charge < -0.3 is 4.74 Å². The fourth-order valence-corrected chi connectivity index (χ4v) is 2.55. The number of hydrogen-bond donors (Lipinski definition) is 2. The highest BCUT2D eigenvalue weighted by molar-refractivity contribution is 8.00. The highest BCUT2D eigenvalue weighted by Gasteiger charge is 2.16. The average molecular weight is 282 g/mol. The van der Waals surface area contributed by atoms with Crippen molar-refractivity contribution in [2.45, 2.75) is 44.9 Å². The summed E-state index contributed by atoms with van der Waals surface area (Å²) in [5.74, 6) is 7.53. The van der Waals surface area contributed by atoms with Crippen molar-refractivity contribution in [2.24, 2.45) is 5.84 Å². The number of ether oxygens (including phenoxy) is 1. The first-order valence-electron chi connectivity index (χ1n) is 6.79. The zero-order valence-corrected chi connectivity index (χ0v) is 13.2. The molecular weight excluding hydrogens is 256 g/mol. The summed E-state index contributed by atoms with van der Waals surface area (Å²) in [6.07, 6.45) is 1.02. The van der Waals surface area contributed by atoms with Gasteiger partial charge >= 0.3 is 0 Å². The Morgan fingerprint density at radius 2 is 1.89 bits per heavy atom. The van der Waals surface area contributed by atoms with Crippen LogP contribution >= 0.6 is 11.8 Å². The monoisotopic (exact) mass is 282 g/mol. The van der Waals surface area contributed by atoms with Crippen molar-refractivity contribution in [1.29, 1.82) is 0 Å². The van der Waals surface area contributed by atoms with Crippen LogP contribution in [0.1, 0.15) is 45.7 Å². The summed E-state index contributed by atoms with van der Waals surface area (Å²) in [4.78, 5) is 0. The molecule has 0 fully saturated rings. The van der Waals surface area contributed by atoms with E-state index in [1.165, 1.54) is 5.56 Å². The second kappa shape index (κ2) is 7.78. The van der Waals surface area contributed by atoms with Crippen LogP contribution in [0.4, 0.5) is 0 Å². The van der Waals surface area contributed by atoms with Gasteiger partial charge in [-0.05, 0) is 24.1 Å². The average Bonchev–Trinajstić information content (AvgIpc) is 2.37. The highest BCUT2D eigenvalue weighted by atomic mass is 32.2. The Balaban J connectivity index is 2.60. The molecule has 1 rings (SSSR count). The molecule has 0 spiro atoms. The maximum absolute atomic E-state index is 5.66. The van der Waals surface area contributed by atoms with E-state index in [-0.39, 0.29) is 10.8 Å². The molecule has 0 aromatic heterocycles. The van der Waals surface area contributed by atoms with Crippen LogP contribution in [0.2, 0.25) is 0 Å². The van der Waals surface area contributed by atoms with Crippen molar-refractivity contribution in [1.82, 2.24) is 5.43 Å². The molecule has 1 aromatic rings. The number of nitrogens with two attached hydrogens (primary N) is 1. The van der Waals surface area contributed by atoms with E-state index in [2.05, 4.69) is 45.3 Å². The van der Waals surface area contributed by atoms with E-state index in [0.29, 0.717) is 0 Å². The Labute approximate surface area is 121 Å². The molecule has 0 saturated carbocycles. The Kier molecular flexibility index (Phi) is 6.69. The molecule has 0 aliphatic rings. The Hall–Kier alpha value is -0.710. The summed E-state index contributed by atoms with van der Waals surface area (Å²) < 4.78 is 5.83. The van der Waals surface area contributed by atoms with Gasteiger partial charge in [0.25, 0.3) is 0 Å². The Morgan fingerprint density at radius 1 is 1.26 bits per heavy atom. The molecule has 3 nitrogen and oxygen atoms in total. The summed E-state index contributed by atoms with van der Waals surface area (Å²) in [6, 6.07) is 8.36. The van der Waals surface area contributed by atoms with Crippen LogP contribution in [-0.2, 0) is 0 Å². The van der Waals surface area contributed by atoms with Crippen molar-refractivity contribution in [3.8, 4) is 5.75 Å². The number of nitrogens with one attached hydrogen (secondary N) is 1. The van der Waals surface area contributed by atoms with E-state index in [4.69, 9.17) is 10.6 Å². The van der Waals surface area contributed by atoms with Gasteiger partial charge in [0.2, 0.25) is 0 Å². The molecule has 0 saturated heterocycles. The predicted octanol–water partition coefficient (Wildman–Crippen LogP) is 3.51. The number of hydrogen-bond acceptors (Lipinski definition) is 4. The number of benzene rings is 1. The van der Waals surface area contributed by atoms with Crippen molar-refractivity contribution in [3.05, 3.63) is 29.8 Å². The number of hydrazine groups is 1. The van der Waals surface area contributed by atoms with Crippen molar-refractivity contribution in [2.75, 3.05) is 12.4 Å². The summed E-state index contributed by atoms with van der Waals surface area (Å²) in [7, 11) is 0. The van der Waals surface area contributed by atoms with Crippen molar-refractivity contribution in [3.63, 3.8) is 0 Å². The minimum Gasteiger partial charge on any atom is -0.494 e. The maximum atomic E-state index is 5.66. The fraction of sp³-hybridized carbons (Fsp3) is 0.600. The van der Waals surface area contributed by atoms with Crippen molar-refractivity contribution < 1.29 is 4.74 Å². The number of thioether (sulfide) groups is 1. The molecule has 1 unspecified atom stereocenters. The van der Waals surface area contributed by atoms with Gasteiger partial charge in [0.05, 0.1) is 12.6 Å². The Bertz CT molecular complexity index is 359. The Morgan fingerprint density at radius 3 is 2.37 bits per heavy atom.